The van der Waals surface area contributed by atoms with Crippen molar-refractivity contribution in [3.63, 3.8) is 0 Å². The summed E-state index contributed by atoms with van der Waals surface area (Å²) < 4.78 is 14.9. The van der Waals surface area contributed by atoms with Crippen LogP contribution in [0.25, 0.3) is 0 Å². The zero-order valence-electron chi connectivity index (χ0n) is 15.8. The normalized spacial score (nSPS) is 17.2. The maximum absolute atomic E-state index is 13.3. The van der Waals surface area contributed by atoms with Crippen molar-refractivity contribution in [1.82, 2.24) is 9.55 Å². The van der Waals surface area contributed by atoms with E-state index in [0.717, 1.165) is 25.7 Å². The molecule has 28 heavy (non-hydrogen) atoms. The molecule has 0 bridgehead atoms. The number of amides is 1. The summed E-state index contributed by atoms with van der Waals surface area (Å²) in [7, 11) is 0. The molecule has 146 valence electrons. The molecular weight excluding hydrogens is 379 g/mol. The van der Waals surface area contributed by atoms with E-state index in [2.05, 4.69) is 5.10 Å². The molecule has 1 aromatic carbocycles. The second-order valence-electron chi connectivity index (χ2n) is 7.13. The van der Waals surface area contributed by atoms with Crippen LogP contribution in [-0.2, 0) is 4.79 Å². The molecule has 6 nitrogen and oxygen atoms in total. The molecule has 1 aromatic heterocycles. The van der Waals surface area contributed by atoms with Crippen molar-refractivity contribution in [2.45, 2.75) is 56.9 Å². The minimum absolute atomic E-state index is 0.134. The highest BCUT2D eigenvalue weighted by atomic mass is 32.2. The Morgan fingerprint density at radius 2 is 1.75 bits per heavy atom. The van der Waals surface area contributed by atoms with Crippen LogP contribution in [0, 0.1) is 5.82 Å². The van der Waals surface area contributed by atoms with E-state index < -0.39 is 0 Å². The third-order valence-corrected chi connectivity index (χ3v) is 6.17. The van der Waals surface area contributed by atoms with Crippen molar-refractivity contribution in [2.75, 3.05) is 5.01 Å². The molecular formula is C20H21FN4O2S. The van der Waals surface area contributed by atoms with E-state index in [1.807, 2.05) is 0 Å². The highest BCUT2D eigenvalue weighted by Gasteiger charge is 2.34. The molecule has 2 aromatic rings. The lowest BCUT2D eigenvalue weighted by Crippen LogP contribution is -2.28. The van der Waals surface area contributed by atoms with Crippen LogP contribution in [0.2, 0.25) is 0 Å². The third-order valence-electron chi connectivity index (χ3n) is 5.10. The first-order chi connectivity index (χ1) is 13.5. The lowest BCUT2D eigenvalue weighted by atomic mass is 9.88. The monoisotopic (exact) mass is 400 g/mol. The summed E-state index contributed by atoms with van der Waals surface area (Å²) in [6, 6.07) is 5.92. The van der Waals surface area contributed by atoms with Crippen LogP contribution >= 0.6 is 11.8 Å². The van der Waals surface area contributed by atoms with E-state index in [1.54, 1.807) is 16.7 Å². The third kappa shape index (κ3) is 3.37. The molecule has 2 aliphatic rings. The molecule has 1 aliphatic heterocycles. The molecule has 0 spiro atoms. The molecule has 1 amide bonds. The average Bonchev–Trinajstić information content (AvgIpc) is 3.08. The summed E-state index contributed by atoms with van der Waals surface area (Å²) in [6.07, 6.45) is 5.39. The summed E-state index contributed by atoms with van der Waals surface area (Å²) >= 11 is 1.29. The fourth-order valence-corrected chi connectivity index (χ4v) is 4.85. The molecule has 1 aliphatic carbocycles. The number of benzene rings is 1. The summed E-state index contributed by atoms with van der Waals surface area (Å²) in [5.74, 6) is 0.551. The Hall–Kier alpha value is -2.48. The molecule has 0 saturated heterocycles. The fourth-order valence-electron chi connectivity index (χ4n) is 3.76. The number of hydrazone groups is 1. The summed E-state index contributed by atoms with van der Waals surface area (Å²) in [6.45, 7) is 2.93. The summed E-state index contributed by atoms with van der Waals surface area (Å²) in [5.41, 5.74) is 0.679. The van der Waals surface area contributed by atoms with Gasteiger partial charge in [0, 0.05) is 25.3 Å². The number of anilines is 1. The van der Waals surface area contributed by atoms with Crippen LogP contribution in [0.15, 0.2) is 34.4 Å². The second-order valence-corrected chi connectivity index (χ2v) is 8.11. The Kier molecular flexibility index (Phi) is 5.05. The SMILES string of the molecule is CC(=O)N1N=C(c2ccc(F)cc2)Sc2c1nc(C1CCCCC1)n2C(C)=O. The van der Waals surface area contributed by atoms with Gasteiger partial charge in [0.1, 0.15) is 21.7 Å². The van der Waals surface area contributed by atoms with Crippen LogP contribution in [0.3, 0.4) is 0 Å². The lowest BCUT2D eigenvalue weighted by molar-refractivity contribution is -0.116. The number of aromatic nitrogens is 2. The molecule has 0 N–H and O–H groups in total. The second kappa shape index (κ2) is 7.50. The van der Waals surface area contributed by atoms with Gasteiger partial charge in [-0.15, -0.1) is 0 Å². The maximum atomic E-state index is 13.3. The first-order valence-corrected chi connectivity index (χ1v) is 10.2. The number of rotatable bonds is 2. The Morgan fingerprint density at radius 1 is 1.07 bits per heavy atom. The van der Waals surface area contributed by atoms with E-state index in [4.69, 9.17) is 4.98 Å². The van der Waals surface area contributed by atoms with Gasteiger partial charge in [0.15, 0.2) is 5.82 Å². The molecule has 8 heteroatoms. The van der Waals surface area contributed by atoms with Crippen molar-refractivity contribution < 1.29 is 14.0 Å². The van der Waals surface area contributed by atoms with E-state index >= 15 is 0 Å². The van der Waals surface area contributed by atoms with Gasteiger partial charge < -0.3 is 0 Å². The van der Waals surface area contributed by atoms with E-state index in [1.165, 1.54) is 49.2 Å². The number of hydrogen-bond acceptors (Lipinski definition) is 5. The van der Waals surface area contributed by atoms with Gasteiger partial charge in [-0.25, -0.2) is 9.37 Å². The number of nitrogens with zero attached hydrogens (tertiary/aromatic N) is 4. The van der Waals surface area contributed by atoms with Crippen molar-refractivity contribution in [1.29, 1.82) is 0 Å². The first kappa shape index (κ1) is 18.9. The minimum atomic E-state index is -0.345. The van der Waals surface area contributed by atoms with Gasteiger partial charge >= 0.3 is 0 Å². The van der Waals surface area contributed by atoms with Crippen molar-refractivity contribution in [3.8, 4) is 0 Å². The predicted molar refractivity (Wildman–Crippen MR) is 106 cm³/mol. The number of thioether (sulfide) groups is 1. The number of hydrogen-bond donors (Lipinski definition) is 0. The number of halogens is 1. The van der Waals surface area contributed by atoms with Crippen LogP contribution < -0.4 is 5.01 Å². The van der Waals surface area contributed by atoms with Crippen LogP contribution in [0.5, 0.6) is 0 Å². The highest BCUT2D eigenvalue weighted by Crippen LogP contribution is 2.42. The first-order valence-electron chi connectivity index (χ1n) is 9.42. The number of imidazole rings is 1. The summed E-state index contributed by atoms with van der Waals surface area (Å²) in [4.78, 5) is 29.5. The smallest absolute Gasteiger partial charge is 0.245 e. The van der Waals surface area contributed by atoms with Crippen molar-refractivity contribution >= 4 is 34.4 Å². The van der Waals surface area contributed by atoms with E-state index in [0.29, 0.717) is 27.3 Å². The lowest BCUT2D eigenvalue weighted by Gasteiger charge is -2.22. The molecule has 4 rings (SSSR count). The van der Waals surface area contributed by atoms with Gasteiger partial charge in [-0.2, -0.15) is 10.1 Å². The summed E-state index contributed by atoms with van der Waals surface area (Å²) in [5, 5.41) is 6.80. The zero-order chi connectivity index (χ0) is 19.8. The van der Waals surface area contributed by atoms with Crippen LogP contribution in [0.1, 0.15) is 68.1 Å². The zero-order valence-corrected chi connectivity index (χ0v) is 16.6. The Balaban J connectivity index is 1.82. The molecule has 0 atom stereocenters. The van der Waals surface area contributed by atoms with Gasteiger partial charge in [0.05, 0.1) is 0 Å². The molecule has 1 saturated carbocycles. The Morgan fingerprint density at radius 3 is 2.36 bits per heavy atom. The highest BCUT2D eigenvalue weighted by molar-refractivity contribution is 8.14. The van der Waals surface area contributed by atoms with Gasteiger partial charge in [0.2, 0.25) is 11.8 Å². The standard InChI is InChI=1S/C20H21FN4O2S/c1-12(26)24-17(14-6-4-3-5-7-14)22-18-20(24)28-19(23-25(18)13(2)27)15-8-10-16(21)11-9-15/h8-11,14H,3-7H2,1-2H3. The fraction of sp³-hybridized carbons (Fsp3) is 0.400. The van der Waals surface area contributed by atoms with Gasteiger partial charge in [-0.05, 0) is 48.9 Å². The Bertz CT molecular complexity index is 961. The molecule has 2 heterocycles. The van der Waals surface area contributed by atoms with Crippen LogP contribution in [-0.4, -0.2) is 26.4 Å². The minimum Gasteiger partial charge on any atom is -0.274 e. The maximum Gasteiger partial charge on any atom is 0.245 e. The van der Waals surface area contributed by atoms with E-state index in [9.17, 15) is 14.0 Å². The number of carbonyl (C=O) groups is 2. The predicted octanol–water partition coefficient (Wildman–Crippen LogP) is 4.55. The van der Waals surface area contributed by atoms with E-state index in [-0.39, 0.29) is 23.5 Å². The van der Waals surface area contributed by atoms with Crippen LogP contribution in [0.4, 0.5) is 10.2 Å². The molecule has 1 fully saturated rings. The van der Waals surface area contributed by atoms with Gasteiger partial charge in [0.25, 0.3) is 0 Å². The number of carbonyl (C=O) groups excluding carboxylic acids is 2. The van der Waals surface area contributed by atoms with Gasteiger partial charge in [-0.3, -0.25) is 14.2 Å². The van der Waals surface area contributed by atoms with Crippen molar-refractivity contribution in [2.24, 2.45) is 5.10 Å². The number of fused-ring (bicyclic) bond motifs is 1. The quantitative estimate of drug-likeness (QED) is 0.742. The van der Waals surface area contributed by atoms with Gasteiger partial charge in [-0.1, -0.05) is 19.3 Å². The largest absolute Gasteiger partial charge is 0.274 e. The molecule has 0 unspecified atom stereocenters. The molecule has 0 radical (unpaired) electrons. The topological polar surface area (TPSA) is 67.6 Å². The van der Waals surface area contributed by atoms with Crippen molar-refractivity contribution in [3.05, 3.63) is 41.5 Å². The average molecular weight is 400 g/mol. The Labute approximate surface area is 166 Å².